The first kappa shape index (κ1) is 13.8. The second kappa shape index (κ2) is 6.43. The smallest absolute Gasteiger partial charge is 0.254 e. The molecule has 1 rings (SSSR count). The Balaban J connectivity index is 2.72. The van der Waals surface area contributed by atoms with Crippen molar-refractivity contribution in [1.82, 2.24) is 5.32 Å². The van der Waals surface area contributed by atoms with Gasteiger partial charge >= 0.3 is 0 Å². The maximum atomic E-state index is 11.9. The van der Waals surface area contributed by atoms with Crippen LogP contribution in [0.15, 0.2) is 13.6 Å². The van der Waals surface area contributed by atoms with Crippen LogP contribution >= 0.6 is 43.2 Å². The molecule has 0 fully saturated rings. The van der Waals surface area contributed by atoms with Crippen molar-refractivity contribution in [2.45, 2.75) is 25.8 Å². The molecule has 0 aliphatic carbocycles. The SMILES string of the molecule is C#CC(CCC)NC(=O)c1cc(Br)sc1Br. The molecule has 0 aliphatic rings. The van der Waals surface area contributed by atoms with Crippen molar-refractivity contribution in [3.05, 3.63) is 19.2 Å². The van der Waals surface area contributed by atoms with Gasteiger partial charge in [0.05, 0.1) is 19.2 Å². The summed E-state index contributed by atoms with van der Waals surface area (Å²) in [7, 11) is 0. The third-order valence-electron chi connectivity index (χ3n) is 1.99. The topological polar surface area (TPSA) is 29.1 Å². The van der Waals surface area contributed by atoms with Crippen LogP contribution in [0.3, 0.4) is 0 Å². The van der Waals surface area contributed by atoms with Crippen LogP contribution in [0, 0.1) is 12.3 Å². The van der Waals surface area contributed by atoms with Crippen LogP contribution in [0.1, 0.15) is 30.1 Å². The zero-order valence-electron chi connectivity index (χ0n) is 8.72. The summed E-state index contributed by atoms with van der Waals surface area (Å²) in [6.07, 6.45) is 7.09. The van der Waals surface area contributed by atoms with Crippen LogP contribution in [0.25, 0.3) is 0 Å². The molecule has 0 bridgehead atoms. The van der Waals surface area contributed by atoms with Crippen molar-refractivity contribution in [1.29, 1.82) is 0 Å². The Morgan fingerprint density at radius 3 is 2.81 bits per heavy atom. The van der Waals surface area contributed by atoms with Gasteiger partial charge < -0.3 is 5.32 Å². The molecule has 0 aromatic carbocycles. The predicted molar refractivity (Wildman–Crippen MR) is 74.7 cm³/mol. The predicted octanol–water partition coefficient (Wildman–Crippen LogP) is 3.80. The molecule has 16 heavy (non-hydrogen) atoms. The van der Waals surface area contributed by atoms with E-state index in [2.05, 4.69) is 43.1 Å². The number of thiophene rings is 1. The Hall–Kier alpha value is -0.310. The van der Waals surface area contributed by atoms with Crippen LogP contribution in [0.2, 0.25) is 0 Å². The molecule has 0 aliphatic heterocycles. The number of rotatable bonds is 4. The second-order valence-electron chi connectivity index (χ2n) is 3.22. The van der Waals surface area contributed by atoms with Gasteiger partial charge in [-0.3, -0.25) is 4.79 Å². The standard InChI is InChI=1S/C11H11Br2NOS/c1-3-5-7(4-2)14-11(15)8-6-9(12)16-10(8)13/h2,6-7H,3,5H2,1H3,(H,14,15). The van der Waals surface area contributed by atoms with Crippen LogP contribution < -0.4 is 5.32 Å². The number of terminal acetylenes is 1. The molecule has 1 aromatic rings. The van der Waals surface area contributed by atoms with E-state index in [1.165, 1.54) is 11.3 Å². The average molecular weight is 365 g/mol. The van der Waals surface area contributed by atoms with Gasteiger partial charge in [-0.15, -0.1) is 17.8 Å². The lowest BCUT2D eigenvalue weighted by molar-refractivity contribution is 0.0944. The van der Waals surface area contributed by atoms with E-state index in [0.717, 1.165) is 20.4 Å². The minimum absolute atomic E-state index is 0.134. The molecule has 0 spiro atoms. The third kappa shape index (κ3) is 3.62. The highest BCUT2D eigenvalue weighted by molar-refractivity contribution is 9.12. The molecular formula is C11H11Br2NOS. The molecule has 0 saturated heterocycles. The lowest BCUT2D eigenvalue weighted by atomic mass is 10.1. The fourth-order valence-corrected chi connectivity index (χ4v) is 4.01. The number of carbonyl (C=O) groups excluding carboxylic acids is 1. The quantitative estimate of drug-likeness (QED) is 0.808. The summed E-state index contributed by atoms with van der Waals surface area (Å²) in [5.41, 5.74) is 0.619. The zero-order chi connectivity index (χ0) is 12.1. The van der Waals surface area contributed by atoms with Crippen LogP contribution in [-0.4, -0.2) is 11.9 Å². The number of hydrogen-bond acceptors (Lipinski definition) is 2. The Morgan fingerprint density at radius 1 is 1.69 bits per heavy atom. The minimum atomic E-state index is -0.192. The van der Waals surface area contributed by atoms with Crippen molar-refractivity contribution in [2.75, 3.05) is 0 Å². The van der Waals surface area contributed by atoms with E-state index in [9.17, 15) is 4.79 Å². The summed E-state index contributed by atoms with van der Waals surface area (Å²) in [5, 5.41) is 2.82. The molecule has 1 amide bonds. The molecule has 1 N–H and O–H groups in total. The Kier molecular flexibility index (Phi) is 5.53. The van der Waals surface area contributed by atoms with E-state index in [4.69, 9.17) is 6.42 Å². The molecule has 1 atom stereocenters. The summed E-state index contributed by atoms with van der Waals surface area (Å²) in [5.74, 6) is 2.44. The van der Waals surface area contributed by atoms with Gasteiger partial charge in [0, 0.05) is 0 Å². The van der Waals surface area contributed by atoms with E-state index < -0.39 is 0 Å². The molecule has 1 heterocycles. The first-order valence-electron chi connectivity index (χ1n) is 4.80. The molecule has 0 saturated carbocycles. The Bertz CT molecular complexity index is 422. The van der Waals surface area contributed by atoms with Crippen molar-refractivity contribution in [3.63, 3.8) is 0 Å². The van der Waals surface area contributed by atoms with Gasteiger partial charge in [0.25, 0.3) is 5.91 Å². The van der Waals surface area contributed by atoms with Crippen LogP contribution in [0.5, 0.6) is 0 Å². The molecule has 0 radical (unpaired) electrons. The van der Waals surface area contributed by atoms with Crippen molar-refractivity contribution in [3.8, 4) is 12.3 Å². The molecule has 1 unspecified atom stereocenters. The minimum Gasteiger partial charge on any atom is -0.338 e. The summed E-state index contributed by atoms with van der Waals surface area (Å²) >= 11 is 8.14. The van der Waals surface area contributed by atoms with Crippen molar-refractivity contribution >= 4 is 49.1 Å². The first-order chi connectivity index (χ1) is 7.58. The lowest BCUT2D eigenvalue weighted by Crippen LogP contribution is -2.33. The molecule has 2 nitrogen and oxygen atoms in total. The van der Waals surface area contributed by atoms with Gasteiger partial charge in [-0.25, -0.2) is 0 Å². The number of carbonyl (C=O) groups is 1. The van der Waals surface area contributed by atoms with E-state index >= 15 is 0 Å². The van der Waals surface area contributed by atoms with Gasteiger partial charge in [-0.1, -0.05) is 19.3 Å². The van der Waals surface area contributed by atoms with E-state index in [-0.39, 0.29) is 11.9 Å². The highest BCUT2D eigenvalue weighted by Crippen LogP contribution is 2.31. The largest absolute Gasteiger partial charge is 0.338 e. The van der Waals surface area contributed by atoms with E-state index in [1.54, 1.807) is 6.07 Å². The van der Waals surface area contributed by atoms with Crippen LogP contribution in [-0.2, 0) is 0 Å². The second-order valence-corrected chi connectivity index (χ2v) is 6.97. The number of amides is 1. The van der Waals surface area contributed by atoms with Gasteiger partial charge in [-0.05, 0) is 44.3 Å². The van der Waals surface area contributed by atoms with Crippen LogP contribution in [0.4, 0.5) is 0 Å². The molecule has 1 aromatic heterocycles. The van der Waals surface area contributed by atoms with Gasteiger partial charge in [0.2, 0.25) is 0 Å². The van der Waals surface area contributed by atoms with Crippen molar-refractivity contribution in [2.24, 2.45) is 0 Å². The molecule has 86 valence electrons. The number of nitrogens with one attached hydrogen (secondary N) is 1. The fourth-order valence-electron chi connectivity index (χ4n) is 1.22. The Labute approximate surface area is 116 Å². The van der Waals surface area contributed by atoms with E-state index in [0.29, 0.717) is 5.56 Å². The highest BCUT2D eigenvalue weighted by atomic mass is 79.9. The van der Waals surface area contributed by atoms with Gasteiger partial charge in [0.15, 0.2) is 0 Å². The molecular weight excluding hydrogens is 354 g/mol. The summed E-state index contributed by atoms with van der Waals surface area (Å²) in [6.45, 7) is 2.04. The fraction of sp³-hybridized carbons (Fsp3) is 0.364. The number of hydrogen-bond donors (Lipinski definition) is 1. The summed E-state index contributed by atoms with van der Waals surface area (Å²) in [6, 6.07) is 1.59. The van der Waals surface area contributed by atoms with Crippen molar-refractivity contribution < 1.29 is 4.79 Å². The van der Waals surface area contributed by atoms with Gasteiger partial charge in [-0.2, -0.15) is 0 Å². The maximum Gasteiger partial charge on any atom is 0.254 e. The normalized spacial score (nSPS) is 11.9. The van der Waals surface area contributed by atoms with E-state index in [1.807, 2.05) is 6.92 Å². The molecule has 5 heteroatoms. The lowest BCUT2D eigenvalue weighted by Gasteiger charge is -2.11. The third-order valence-corrected chi connectivity index (χ3v) is 4.32. The first-order valence-corrected chi connectivity index (χ1v) is 7.20. The summed E-state index contributed by atoms with van der Waals surface area (Å²) < 4.78 is 1.72. The Morgan fingerprint density at radius 2 is 2.38 bits per heavy atom. The number of halogens is 2. The monoisotopic (exact) mass is 363 g/mol. The average Bonchev–Trinajstić information content (AvgIpc) is 2.57. The summed E-state index contributed by atoms with van der Waals surface area (Å²) in [4.78, 5) is 11.9. The zero-order valence-corrected chi connectivity index (χ0v) is 12.7. The van der Waals surface area contributed by atoms with Gasteiger partial charge in [0.1, 0.15) is 0 Å². The highest BCUT2D eigenvalue weighted by Gasteiger charge is 2.16. The maximum absolute atomic E-state index is 11.9.